The summed E-state index contributed by atoms with van der Waals surface area (Å²) in [6.07, 6.45) is 2.50. The van der Waals surface area contributed by atoms with E-state index in [0.29, 0.717) is 22.1 Å². The fourth-order valence-corrected chi connectivity index (χ4v) is 2.40. The Balaban J connectivity index is 2.30. The van der Waals surface area contributed by atoms with Gasteiger partial charge in [-0.3, -0.25) is 4.79 Å². The standard InChI is InChI=1S/C19H17ClF2O3/c1-11(2)25-19-15(20)8-12(9-18(19)24-3)4-7-17(23)14-10-13(21)5-6-16(14)22/h4-11H,1-3H3/b7-4+. The highest BCUT2D eigenvalue weighted by Gasteiger charge is 2.14. The smallest absolute Gasteiger partial charge is 0.188 e. The van der Waals surface area contributed by atoms with Gasteiger partial charge in [-0.15, -0.1) is 0 Å². The third-order valence-electron chi connectivity index (χ3n) is 3.23. The third-order valence-corrected chi connectivity index (χ3v) is 3.51. The zero-order chi connectivity index (χ0) is 18.6. The van der Waals surface area contributed by atoms with E-state index in [1.54, 1.807) is 12.1 Å². The second-order valence-electron chi connectivity index (χ2n) is 5.52. The van der Waals surface area contributed by atoms with Gasteiger partial charge in [-0.25, -0.2) is 8.78 Å². The molecule has 0 aromatic heterocycles. The summed E-state index contributed by atoms with van der Waals surface area (Å²) in [5.41, 5.74) is 0.220. The van der Waals surface area contributed by atoms with E-state index in [1.165, 1.54) is 13.2 Å². The zero-order valence-electron chi connectivity index (χ0n) is 14.0. The Bertz CT molecular complexity index is 817. The van der Waals surface area contributed by atoms with E-state index in [0.717, 1.165) is 24.3 Å². The average molecular weight is 367 g/mol. The number of halogens is 3. The molecular formula is C19H17ClF2O3. The fraction of sp³-hybridized carbons (Fsp3) is 0.211. The fourth-order valence-electron chi connectivity index (χ4n) is 2.13. The minimum absolute atomic E-state index is 0.0923. The Kier molecular flexibility index (Phi) is 6.15. The van der Waals surface area contributed by atoms with E-state index < -0.39 is 17.4 Å². The van der Waals surface area contributed by atoms with Crippen molar-refractivity contribution in [1.82, 2.24) is 0 Å². The topological polar surface area (TPSA) is 35.5 Å². The Hall–Kier alpha value is -2.40. The number of carbonyl (C=O) groups excluding carboxylic acids is 1. The number of rotatable bonds is 6. The SMILES string of the molecule is COc1cc(/C=C/C(=O)c2cc(F)ccc2F)cc(Cl)c1OC(C)C. The number of hydrogen-bond acceptors (Lipinski definition) is 3. The minimum Gasteiger partial charge on any atom is -0.493 e. The maximum Gasteiger partial charge on any atom is 0.188 e. The van der Waals surface area contributed by atoms with Gasteiger partial charge in [-0.05, 0) is 55.8 Å². The van der Waals surface area contributed by atoms with Crippen molar-refractivity contribution >= 4 is 23.5 Å². The van der Waals surface area contributed by atoms with Crippen molar-refractivity contribution in [3.8, 4) is 11.5 Å². The Morgan fingerprint density at radius 3 is 2.56 bits per heavy atom. The molecule has 3 nitrogen and oxygen atoms in total. The molecule has 132 valence electrons. The van der Waals surface area contributed by atoms with E-state index in [9.17, 15) is 13.6 Å². The molecule has 0 saturated heterocycles. The number of hydrogen-bond donors (Lipinski definition) is 0. The first-order valence-corrected chi connectivity index (χ1v) is 7.91. The lowest BCUT2D eigenvalue weighted by Crippen LogP contribution is -2.07. The monoisotopic (exact) mass is 366 g/mol. The van der Waals surface area contributed by atoms with Crippen LogP contribution in [0, 0.1) is 11.6 Å². The molecule has 0 fully saturated rings. The summed E-state index contributed by atoms with van der Waals surface area (Å²) in [6, 6.07) is 5.94. The Morgan fingerprint density at radius 2 is 1.92 bits per heavy atom. The van der Waals surface area contributed by atoms with Crippen molar-refractivity contribution < 1.29 is 23.0 Å². The van der Waals surface area contributed by atoms with Crippen LogP contribution in [0.15, 0.2) is 36.4 Å². The van der Waals surface area contributed by atoms with Crippen molar-refractivity contribution in [3.05, 3.63) is 64.2 Å². The maximum atomic E-state index is 13.6. The van der Waals surface area contributed by atoms with Crippen LogP contribution in [-0.4, -0.2) is 19.0 Å². The van der Waals surface area contributed by atoms with Crippen molar-refractivity contribution in [2.45, 2.75) is 20.0 Å². The lowest BCUT2D eigenvalue weighted by atomic mass is 10.1. The van der Waals surface area contributed by atoms with Crippen LogP contribution in [-0.2, 0) is 0 Å². The largest absolute Gasteiger partial charge is 0.493 e. The van der Waals surface area contributed by atoms with Crippen LogP contribution in [0.3, 0.4) is 0 Å². The molecule has 0 heterocycles. The molecule has 0 radical (unpaired) electrons. The molecule has 0 aliphatic carbocycles. The molecule has 0 aliphatic heterocycles. The highest BCUT2D eigenvalue weighted by atomic mass is 35.5. The summed E-state index contributed by atoms with van der Waals surface area (Å²) in [5, 5.41) is 0.317. The summed E-state index contributed by atoms with van der Waals surface area (Å²) in [6.45, 7) is 3.71. The summed E-state index contributed by atoms with van der Waals surface area (Å²) in [4.78, 5) is 12.1. The van der Waals surface area contributed by atoms with Crippen molar-refractivity contribution in [1.29, 1.82) is 0 Å². The molecule has 2 aromatic carbocycles. The molecule has 0 unspecified atom stereocenters. The lowest BCUT2D eigenvalue weighted by Gasteiger charge is -2.15. The molecule has 0 N–H and O–H groups in total. The van der Waals surface area contributed by atoms with Crippen LogP contribution in [0.4, 0.5) is 8.78 Å². The predicted octanol–water partition coefficient (Wildman–Crippen LogP) is 5.31. The number of methoxy groups -OCH3 is 1. The third kappa shape index (κ3) is 4.79. The minimum atomic E-state index is -0.785. The van der Waals surface area contributed by atoms with E-state index >= 15 is 0 Å². The maximum absolute atomic E-state index is 13.6. The number of ketones is 1. The first-order chi connectivity index (χ1) is 11.8. The molecule has 0 atom stereocenters. The van der Waals surface area contributed by atoms with Crippen molar-refractivity contribution in [2.75, 3.05) is 7.11 Å². The predicted molar refractivity (Wildman–Crippen MR) is 93.5 cm³/mol. The first kappa shape index (κ1) is 18.9. The van der Waals surface area contributed by atoms with Gasteiger partial charge in [-0.2, -0.15) is 0 Å². The van der Waals surface area contributed by atoms with Crippen LogP contribution in [0.1, 0.15) is 29.8 Å². The number of carbonyl (C=O) groups is 1. The highest BCUT2D eigenvalue weighted by molar-refractivity contribution is 6.32. The molecular weight excluding hydrogens is 350 g/mol. The number of allylic oxidation sites excluding steroid dienone is 1. The van der Waals surface area contributed by atoms with Crippen LogP contribution in [0.25, 0.3) is 6.08 Å². The second-order valence-corrected chi connectivity index (χ2v) is 5.93. The summed E-state index contributed by atoms with van der Waals surface area (Å²) in [7, 11) is 1.47. The van der Waals surface area contributed by atoms with Gasteiger partial charge in [0.2, 0.25) is 0 Å². The van der Waals surface area contributed by atoms with Crippen molar-refractivity contribution in [2.24, 2.45) is 0 Å². The second kappa shape index (κ2) is 8.12. The molecule has 0 bridgehead atoms. The summed E-state index contributed by atoms with van der Waals surface area (Å²) < 4.78 is 37.7. The zero-order valence-corrected chi connectivity index (χ0v) is 14.7. The van der Waals surface area contributed by atoms with Gasteiger partial charge >= 0.3 is 0 Å². The van der Waals surface area contributed by atoms with Crippen molar-refractivity contribution in [3.63, 3.8) is 0 Å². The van der Waals surface area contributed by atoms with Crippen LogP contribution >= 0.6 is 11.6 Å². The van der Waals surface area contributed by atoms with Crippen LogP contribution in [0.2, 0.25) is 5.02 Å². The molecule has 0 aliphatic rings. The van der Waals surface area contributed by atoms with Gasteiger partial charge in [0.05, 0.1) is 23.8 Å². The molecule has 0 amide bonds. The number of benzene rings is 2. The Morgan fingerprint density at radius 1 is 1.20 bits per heavy atom. The van der Waals surface area contributed by atoms with Gasteiger partial charge in [0.1, 0.15) is 11.6 Å². The van der Waals surface area contributed by atoms with Crippen LogP contribution in [0.5, 0.6) is 11.5 Å². The molecule has 0 spiro atoms. The highest BCUT2D eigenvalue weighted by Crippen LogP contribution is 2.37. The molecule has 25 heavy (non-hydrogen) atoms. The van der Waals surface area contributed by atoms with E-state index in [1.807, 2.05) is 13.8 Å². The summed E-state index contributed by atoms with van der Waals surface area (Å²) in [5.74, 6) is -1.32. The average Bonchev–Trinajstić information content (AvgIpc) is 2.56. The quantitative estimate of drug-likeness (QED) is 0.513. The lowest BCUT2D eigenvalue weighted by molar-refractivity contribution is 0.104. The molecule has 6 heteroatoms. The van der Waals surface area contributed by atoms with Gasteiger partial charge < -0.3 is 9.47 Å². The van der Waals surface area contributed by atoms with Gasteiger partial charge in [0, 0.05) is 0 Å². The van der Waals surface area contributed by atoms with Gasteiger partial charge in [-0.1, -0.05) is 17.7 Å². The van der Waals surface area contributed by atoms with E-state index in [-0.39, 0.29) is 11.7 Å². The first-order valence-electron chi connectivity index (χ1n) is 7.53. The van der Waals surface area contributed by atoms with E-state index in [2.05, 4.69) is 0 Å². The molecule has 0 saturated carbocycles. The van der Waals surface area contributed by atoms with Gasteiger partial charge in [0.25, 0.3) is 0 Å². The summed E-state index contributed by atoms with van der Waals surface area (Å²) >= 11 is 6.20. The Labute approximate surface area is 149 Å². The van der Waals surface area contributed by atoms with Gasteiger partial charge in [0.15, 0.2) is 17.3 Å². The number of ether oxygens (including phenoxy) is 2. The normalized spacial score (nSPS) is 11.2. The van der Waals surface area contributed by atoms with Crippen LogP contribution < -0.4 is 9.47 Å². The van der Waals surface area contributed by atoms with E-state index in [4.69, 9.17) is 21.1 Å². The molecule has 2 rings (SSSR count). The molecule has 2 aromatic rings.